The average molecular weight is 439 g/mol. The molecule has 0 atom stereocenters. The molecule has 2 aromatic heterocycles. The zero-order valence-electron chi connectivity index (χ0n) is 16.3. The quantitative estimate of drug-likeness (QED) is 0.292. The molecular formula is C22H19ClN4O4. The number of halogens is 1. The summed E-state index contributed by atoms with van der Waals surface area (Å²) in [5.74, 6) is -1.21. The van der Waals surface area contributed by atoms with Gasteiger partial charge in [-0.1, -0.05) is 18.2 Å². The lowest BCUT2D eigenvalue weighted by atomic mass is 10.0. The summed E-state index contributed by atoms with van der Waals surface area (Å²) in [5.41, 5.74) is 4.00. The predicted molar refractivity (Wildman–Crippen MR) is 113 cm³/mol. The molecule has 0 aliphatic carbocycles. The largest absolute Gasteiger partial charge is 1.00 e. The smallest absolute Gasteiger partial charge is 0.338 e. The lowest BCUT2D eigenvalue weighted by Gasteiger charge is -2.10. The van der Waals surface area contributed by atoms with Crippen LogP contribution in [0.25, 0.3) is 22.3 Å². The van der Waals surface area contributed by atoms with Crippen molar-refractivity contribution in [3.8, 4) is 11.4 Å². The normalized spacial score (nSPS) is 10.5. The number of nitrogens with one attached hydrogen (secondary N) is 3. The lowest BCUT2D eigenvalue weighted by Crippen LogP contribution is -3.00. The Labute approximate surface area is 183 Å². The summed E-state index contributed by atoms with van der Waals surface area (Å²) in [6.07, 6.45) is 2.48. The highest BCUT2D eigenvalue weighted by Gasteiger charge is 2.18. The molecule has 9 heteroatoms. The van der Waals surface area contributed by atoms with Gasteiger partial charge in [-0.2, -0.15) is 0 Å². The molecule has 0 bridgehead atoms. The molecule has 31 heavy (non-hydrogen) atoms. The number of carboxylic acids is 1. The van der Waals surface area contributed by atoms with Gasteiger partial charge in [0.2, 0.25) is 5.69 Å². The number of non-ortho nitro benzene ring substituents is 1. The van der Waals surface area contributed by atoms with Gasteiger partial charge in [-0.15, -0.1) is 0 Å². The van der Waals surface area contributed by atoms with Crippen molar-refractivity contribution in [2.24, 2.45) is 0 Å². The van der Waals surface area contributed by atoms with E-state index in [1.165, 1.54) is 12.1 Å². The SMILES string of the molecule is O=C(O)c1cc([N+](=O)[O-])ccc1NCCc1c(-c2cccc[nH+]2)[nH]c2ccccc12.[Cl-]. The van der Waals surface area contributed by atoms with Gasteiger partial charge in [-0.25, -0.2) is 9.78 Å². The molecule has 0 unspecified atom stereocenters. The van der Waals surface area contributed by atoms with Crippen molar-refractivity contribution in [2.45, 2.75) is 6.42 Å². The van der Waals surface area contributed by atoms with Crippen LogP contribution in [-0.4, -0.2) is 27.5 Å². The first-order valence-electron chi connectivity index (χ1n) is 9.37. The van der Waals surface area contributed by atoms with Gasteiger partial charge in [0.15, 0.2) is 6.20 Å². The van der Waals surface area contributed by atoms with Gasteiger partial charge in [-0.05, 0) is 30.2 Å². The molecule has 0 aliphatic rings. The Morgan fingerprint density at radius 2 is 1.90 bits per heavy atom. The third-order valence-electron chi connectivity index (χ3n) is 4.93. The van der Waals surface area contributed by atoms with Crippen LogP contribution in [0.4, 0.5) is 11.4 Å². The van der Waals surface area contributed by atoms with Crippen LogP contribution in [-0.2, 0) is 6.42 Å². The number of carboxylic acid groups (broad SMARTS) is 1. The van der Waals surface area contributed by atoms with E-state index in [0.717, 1.165) is 33.9 Å². The monoisotopic (exact) mass is 438 g/mol. The minimum Gasteiger partial charge on any atom is -1.00 e. The molecule has 0 saturated heterocycles. The zero-order valence-corrected chi connectivity index (χ0v) is 17.0. The van der Waals surface area contributed by atoms with Crippen molar-refractivity contribution in [1.29, 1.82) is 0 Å². The third-order valence-corrected chi connectivity index (χ3v) is 4.93. The first-order chi connectivity index (χ1) is 14.5. The summed E-state index contributed by atoms with van der Waals surface area (Å²) >= 11 is 0. The van der Waals surface area contributed by atoms with Crippen molar-refractivity contribution in [3.05, 3.63) is 88.1 Å². The van der Waals surface area contributed by atoms with Crippen LogP contribution in [0, 0.1) is 10.1 Å². The summed E-state index contributed by atoms with van der Waals surface area (Å²) in [6, 6.07) is 17.7. The van der Waals surface area contributed by atoms with Gasteiger partial charge in [0.1, 0.15) is 5.69 Å². The van der Waals surface area contributed by atoms with Crippen LogP contribution < -0.4 is 22.7 Å². The third kappa shape index (κ3) is 4.49. The number of anilines is 1. The first kappa shape index (κ1) is 21.8. The first-order valence-corrected chi connectivity index (χ1v) is 9.37. The fourth-order valence-electron chi connectivity index (χ4n) is 3.54. The molecule has 158 valence electrons. The summed E-state index contributed by atoms with van der Waals surface area (Å²) < 4.78 is 0. The molecule has 0 spiro atoms. The molecular weight excluding hydrogens is 420 g/mol. The molecule has 4 rings (SSSR count). The Morgan fingerprint density at radius 3 is 2.61 bits per heavy atom. The molecule has 0 aliphatic heterocycles. The molecule has 4 aromatic rings. The van der Waals surface area contributed by atoms with Crippen LogP contribution in [0.15, 0.2) is 66.9 Å². The van der Waals surface area contributed by atoms with Crippen LogP contribution in [0.1, 0.15) is 15.9 Å². The highest BCUT2D eigenvalue weighted by Crippen LogP contribution is 2.29. The van der Waals surface area contributed by atoms with E-state index in [0.29, 0.717) is 18.7 Å². The standard InChI is InChI=1S/C22H18N4O4.ClH/c27-22(28)17-13-14(26(29)30)8-9-18(17)24-12-10-16-15-5-1-2-6-19(15)25-21(16)20-7-3-4-11-23-20;/h1-9,11,13,24-25H,10,12H2,(H,27,28);1H. The number of hydrogen-bond acceptors (Lipinski definition) is 4. The molecule has 0 radical (unpaired) electrons. The summed E-state index contributed by atoms with van der Waals surface area (Å²) in [5, 5.41) is 24.6. The van der Waals surface area contributed by atoms with E-state index in [1.807, 2.05) is 48.7 Å². The number of pyridine rings is 1. The van der Waals surface area contributed by atoms with Crippen LogP contribution in [0.3, 0.4) is 0 Å². The van der Waals surface area contributed by atoms with Crippen molar-refractivity contribution in [1.82, 2.24) is 4.98 Å². The number of nitrogens with zero attached hydrogens (tertiary/aromatic N) is 1. The van der Waals surface area contributed by atoms with Gasteiger partial charge in [0.05, 0.1) is 10.5 Å². The van der Waals surface area contributed by atoms with Gasteiger partial charge in [0, 0.05) is 47.4 Å². The Bertz CT molecular complexity index is 1240. The number of benzene rings is 2. The summed E-state index contributed by atoms with van der Waals surface area (Å²) in [7, 11) is 0. The Kier molecular flexibility index (Phi) is 6.52. The number of H-pyrrole nitrogens is 2. The number of hydrogen-bond donors (Lipinski definition) is 3. The maximum atomic E-state index is 11.5. The van der Waals surface area contributed by atoms with E-state index in [9.17, 15) is 20.0 Å². The van der Waals surface area contributed by atoms with Gasteiger partial charge in [0.25, 0.3) is 5.69 Å². The summed E-state index contributed by atoms with van der Waals surface area (Å²) in [6.45, 7) is 0.458. The maximum absolute atomic E-state index is 11.5. The van der Waals surface area contributed by atoms with Crippen molar-refractivity contribution in [2.75, 3.05) is 11.9 Å². The number of rotatable bonds is 7. The number of aromatic amines is 2. The van der Waals surface area contributed by atoms with Crippen LogP contribution in [0.5, 0.6) is 0 Å². The van der Waals surface area contributed by atoms with E-state index in [2.05, 4.69) is 15.3 Å². The highest BCUT2D eigenvalue weighted by molar-refractivity contribution is 5.95. The minimum atomic E-state index is -1.21. The molecule has 0 saturated carbocycles. The number of aromatic nitrogens is 2. The molecule has 0 fully saturated rings. The molecule has 2 aromatic carbocycles. The second-order valence-electron chi connectivity index (χ2n) is 6.77. The van der Waals surface area contributed by atoms with Gasteiger partial charge in [-0.3, -0.25) is 10.1 Å². The maximum Gasteiger partial charge on any atom is 0.338 e. The number of nitro groups is 1. The summed E-state index contributed by atoms with van der Waals surface area (Å²) in [4.78, 5) is 28.6. The average Bonchev–Trinajstić information content (AvgIpc) is 3.13. The second kappa shape index (κ2) is 9.27. The van der Waals surface area contributed by atoms with Crippen LogP contribution in [0.2, 0.25) is 0 Å². The molecule has 8 nitrogen and oxygen atoms in total. The predicted octanol–water partition coefficient (Wildman–Crippen LogP) is 0.914. The van der Waals surface area contributed by atoms with E-state index in [-0.39, 0.29) is 23.7 Å². The Balaban J connectivity index is 0.00000272. The van der Waals surface area contributed by atoms with Crippen molar-refractivity contribution >= 4 is 28.2 Å². The fourth-order valence-corrected chi connectivity index (χ4v) is 3.54. The van der Waals surface area contributed by atoms with E-state index in [4.69, 9.17) is 0 Å². The van der Waals surface area contributed by atoms with E-state index in [1.54, 1.807) is 0 Å². The lowest BCUT2D eigenvalue weighted by molar-refractivity contribution is -0.384. The second-order valence-corrected chi connectivity index (χ2v) is 6.77. The van der Waals surface area contributed by atoms with Gasteiger partial charge < -0.3 is 27.8 Å². The van der Waals surface area contributed by atoms with Crippen LogP contribution >= 0.6 is 0 Å². The zero-order chi connectivity index (χ0) is 21.1. The van der Waals surface area contributed by atoms with Gasteiger partial charge >= 0.3 is 5.97 Å². The fraction of sp³-hybridized carbons (Fsp3) is 0.0909. The number of para-hydroxylation sites is 1. The molecule has 0 amide bonds. The van der Waals surface area contributed by atoms with E-state index >= 15 is 0 Å². The number of carbonyl (C=O) groups is 1. The van der Waals surface area contributed by atoms with E-state index < -0.39 is 10.9 Å². The van der Waals surface area contributed by atoms with Crippen molar-refractivity contribution in [3.63, 3.8) is 0 Å². The van der Waals surface area contributed by atoms with Crippen molar-refractivity contribution < 1.29 is 32.2 Å². The highest BCUT2D eigenvalue weighted by atomic mass is 35.5. The molecule has 4 N–H and O–H groups in total. The number of nitro benzene ring substituents is 1. The number of aromatic carboxylic acids is 1. The number of fused-ring (bicyclic) bond motifs is 1. The molecule has 2 heterocycles. The Hall–Kier alpha value is -3.91. The minimum absolute atomic E-state index is 0. The Morgan fingerprint density at radius 1 is 1.13 bits per heavy atom. The topological polar surface area (TPSA) is 122 Å².